The highest BCUT2D eigenvalue weighted by Crippen LogP contribution is 2.30. The zero-order valence-electron chi connectivity index (χ0n) is 17.2. The molecule has 1 aliphatic heterocycles. The highest BCUT2D eigenvalue weighted by Gasteiger charge is 2.28. The van der Waals surface area contributed by atoms with Gasteiger partial charge in [-0.15, -0.1) is 5.10 Å². The van der Waals surface area contributed by atoms with Crippen LogP contribution in [0.1, 0.15) is 27.3 Å². The van der Waals surface area contributed by atoms with Crippen molar-refractivity contribution in [1.29, 1.82) is 0 Å². The Labute approximate surface area is 186 Å². The number of nitrogens with zero attached hydrogens (tertiary/aromatic N) is 7. The molecule has 0 fully saturated rings. The molecule has 11 nitrogen and oxygen atoms in total. The number of benzene rings is 2. The number of nitrogens with two attached hydrogens (primary N) is 1. The standard InChI is InChI=1S/C21H18FN9O2/c22-15-7-3-1-6-14(15)11-24-26-21(32)18-17(31(29-25-18)20-19(23)27-33-28-20)12-30-10-9-13-5-2-4-8-16(13)30/h1-8,11H,9-10,12H2,(H2,23,27)(H,26,32)/b24-11-. The summed E-state index contributed by atoms with van der Waals surface area (Å²) in [5.41, 5.74) is 11.2. The van der Waals surface area contributed by atoms with Crippen molar-refractivity contribution in [2.75, 3.05) is 17.2 Å². The monoisotopic (exact) mass is 447 g/mol. The minimum Gasteiger partial charge on any atom is -0.378 e. The van der Waals surface area contributed by atoms with Crippen LogP contribution in [0.25, 0.3) is 5.82 Å². The first-order chi connectivity index (χ1) is 16.1. The number of carbonyl (C=O) groups excluding carboxylic acids is 1. The number of fused-ring (bicyclic) bond motifs is 1. The van der Waals surface area contributed by atoms with Crippen molar-refractivity contribution >= 4 is 23.6 Å². The molecule has 33 heavy (non-hydrogen) atoms. The van der Waals surface area contributed by atoms with Crippen LogP contribution < -0.4 is 16.1 Å². The summed E-state index contributed by atoms with van der Waals surface area (Å²) < 4.78 is 19.8. The summed E-state index contributed by atoms with van der Waals surface area (Å²) in [6, 6.07) is 14.1. The first-order valence-corrected chi connectivity index (χ1v) is 10.1. The van der Waals surface area contributed by atoms with E-state index in [0.717, 1.165) is 18.7 Å². The molecule has 0 radical (unpaired) electrons. The zero-order valence-corrected chi connectivity index (χ0v) is 17.2. The summed E-state index contributed by atoms with van der Waals surface area (Å²) in [4.78, 5) is 15.0. The fourth-order valence-corrected chi connectivity index (χ4v) is 3.67. The Kier molecular flexibility index (Phi) is 5.23. The van der Waals surface area contributed by atoms with E-state index in [1.807, 2.05) is 18.2 Å². The van der Waals surface area contributed by atoms with Crippen molar-refractivity contribution in [2.45, 2.75) is 13.0 Å². The molecule has 0 saturated heterocycles. The van der Waals surface area contributed by atoms with Crippen molar-refractivity contribution in [3.05, 3.63) is 76.9 Å². The first kappa shape index (κ1) is 20.3. The third-order valence-corrected chi connectivity index (χ3v) is 5.27. The lowest BCUT2D eigenvalue weighted by atomic mass is 10.2. The van der Waals surface area contributed by atoms with E-state index in [0.29, 0.717) is 12.2 Å². The molecular formula is C21H18FN9O2. The number of hydrazone groups is 1. The topological polar surface area (TPSA) is 140 Å². The van der Waals surface area contributed by atoms with Gasteiger partial charge >= 0.3 is 0 Å². The Morgan fingerprint density at radius 1 is 1.21 bits per heavy atom. The second-order valence-corrected chi connectivity index (χ2v) is 7.29. The lowest BCUT2D eigenvalue weighted by Gasteiger charge is -2.19. The number of nitrogens with one attached hydrogen (secondary N) is 1. The van der Waals surface area contributed by atoms with Crippen LogP contribution >= 0.6 is 0 Å². The summed E-state index contributed by atoms with van der Waals surface area (Å²) in [5.74, 6) is -0.943. The van der Waals surface area contributed by atoms with Crippen LogP contribution in [0.5, 0.6) is 0 Å². The van der Waals surface area contributed by atoms with Crippen molar-refractivity contribution in [1.82, 2.24) is 30.7 Å². The van der Waals surface area contributed by atoms with Crippen LogP contribution in [-0.4, -0.2) is 44.0 Å². The highest BCUT2D eigenvalue weighted by atomic mass is 19.1. The normalized spacial score (nSPS) is 12.9. The molecule has 0 spiro atoms. The van der Waals surface area contributed by atoms with Gasteiger partial charge in [-0.05, 0) is 34.4 Å². The fourth-order valence-electron chi connectivity index (χ4n) is 3.67. The van der Waals surface area contributed by atoms with E-state index < -0.39 is 11.7 Å². The average Bonchev–Trinajstić information content (AvgIpc) is 3.54. The second kappa shape index (κ2) is 8.49. The SMILES string of the molecule is Nc1nonc1-n1nnc(C(=O)N/N=C\c2ccccc2F)c1CN1CCc2ccccc21. The summed E-state index contributed by atoms with van der Waals surface area (Å²) >= 11 is 0. The van der Waals surface area contributed by atoms with Crippen LogP contribution in [0.3, 0.4) is 0 Å². The molecule has 5 rings (SSSR count). The van der Waals surface area contributed by atoms with Gasteiger partial charge in [-0.2, -0.15) is 9.78 Å². The minimum absolute atomic E-state index is 0.00695. The van der Waals surface area contributed by atoms with E-state index in [1.165, 1.54) is 28.6 Å². The van der Waals surface area contributed by atoms with Gasteiger partial charge in [-0.25, -0.2) is 14.4 Å². The van der Waals surface area contributed by atoms with E-state index >= 15 is 0 Å². The molecule has 0 unspecified atom stereocenters. The van der Waals surface area contributed by atoms with Gasteiger partial charge in [0.05, 0.1) is 18.5 Å². The van der Waals surface area contributed by atoms with Crippen LogP contribution in [0, 0.1) is 5.82 Å². The van der Waals surface area contributed by atoms with Crippen LogP contribution in [0.2, 0.25) is 0 Å². The molecule has 0 atom stereocenters. The highest BCUT2D eigenvalue weighted by molar-refractivity contribution is 5.94. The van der Waals surface area contributed by atoms with E-state index in [1.54, 1.807) is 12.1 Å². The first-order valence-electron chi connectivity index (χ1n) is 10.1. The number of carbonyl (C=O) groups is 1. The number of aromatic nitrogens is 5. The number of nitrogen functional groups attached to an aromatic ring is 1. The molecule has 2 aromatic heterocycles. The Hall–Kier alpha value is -4.61. The Balaban J connectivity index is 1.45. The molecule has 2 aromatic carbocycles. The third kappa shape index (κ3) is 3.89. The lowest BCUT2D eigenvalue weighted by molar-refractivity contribution is 0.0949. The number of halogens is 1. The minimum atomic E-state index is -0.619. The largest absolute Gasteiger partial charge is 0.378 e. The Morgan fingerprint density at radius 2 is 2.03 bits per heavy atom. The molecule has 1 amide bonds. The van der Waals surface area contributed by atoms with Gasteiger partial charge in [0.15, 0.2) is 5.69 Å². The Bertz CT molecular complexity index is 1350. The average molecular weight is 447 g/mol. The van der Waals surface area contributed by atoms with Crippen LogP contribution in [-0.2, 0) is 13.0 Å². The summed E-state index contributed by atoms with van der Waals surface area (Å²) in [6.07, 6.45) is 2.09. The predicted octanol–water partition coefficient (Wildman–Crippen LogP) is 1.70. The molecule has 166 valence electrons. The molecule has 0 bridgehead atoms. The molecular weight excluding hydrogens is 429 g/mol. The van der Waals surface area contributed by atoms with Crippen molar-refractivity contribution in [3.63, 3.8) is 0 Å². The molecule has 0 saturated carbocycles. The van der Waals surface area contributed by atoms with E-state index in [9.17, 15) is 9.18 Å². The van der Waals surface area contributed by atoms with Crippen LogP contribution in [0.4, 0.5) is 15.9 Å². The summed E-state index contributed by atoms with van der Waals surface area (Å²) in [7, 11) is 0. The lowest BCUT2D eigenvalue weighted by Crippen LogP contribution is -2.26. The smallest absolute Gasteiger partial charge is 0.293 e. The third-order valence-electron chi connectivity index (χ3n) is 5.27. The fraction of sp³-hybridized carbons (Fsp3) is 0.143. The van der Waals surface area contributed by atoms with Gasteiger partial charge in [-0.1, -0.05) is 41.6 Å². The molecule has 4 aromatic rings. The van der Waals surface area contributed by atoms with Gasteiger partial charge in [0.1, 0.15) is 5.82 Å². The molecule has 1 aliphatic rings. The van der Waals surface area contributed by atoms with E-state index in [2.05, 4.69) is 46.7 Å². The summed E-state index contributed by atoms with van der Waals surface area (Å²) in [5, 5.41) is 19.3. The number of amides is 1. The maximum atomic E-state index is 13.8. The molecule has 0 aliphatic carbocycles. The Morgan fingerprint density at radius 3 is 2.85 bits per heavy atom. The maximum Gasteiger partial charge on any atom is 0.293 e. The quantitative estimate of drug-likeness (QED) is 0.336. The van der Waals surface area contributed by atoms with Crippen molar-refractivity contribution in [3.8, 4) is 5.82 Å². The van der Waals surface area contributed by atoms with Gasteiger partial charge in [0.2, 0.25) is 11.6 Å². The maximum absolute atomic E-state index is 13.8. The van der Waals surface area contributed by atoms with E-state index in [4.69, 9.17) is 5.73 Å². The van der Waals surface area contributed by atoms with Gasteiger partial charge in [0, 0.05) is 17.8 Å². The van der Waals surface area contributed by atoms with Gasteiger partial charge in [-0.3, -0.25) is 4.79 Å². The number of hydrogen-bond acceptors (Lipinski definition) is 9. The molecule has 3 heterocycles. The zero-order chi connectivity index (χ0) is 22.8. The predicted molar refractivity (Wildman–Crippen MR) is 116 cm³/mol. The van der Waals surface area contributed by atoms with Crippen molar-refractivity contribution < 1.29 is 13.8 Å². The number of rotatable bonds is 6. The molecule has 12 heteroatoms. The number of anilines is 2. The second-order valence-electron chi connectivity index (χ2n) is 7.29. The number of para-hydroxylation sites is 1. The van der Waals surface area contributed by atoms with E-state index in [-0.39, 0.29) is 22.9 Å². The van der Waals surface area contributed by atoms with Crippen molar-refractivity contribution in [2.24, 2.45) is 5.10 Å². The summed E-state index contributed by atoms with van der Waals surface area (Å²) in [6.45, 7) is 1.06. The molecule has 3 N–H and O–H groups in total. The van der Waals surface area contributed by atoms with Gasteiger partial charge in [0.25, 0.3) is 5.91 Å². The van der Waals surface area contributed by atoms with Gasteiger partial charge < -0.3 is 10.6 Å². The van der Waals surface area contributed by atoms with Crippen LogP contribution in [0.15, 0.2) is 58.3 Å². The number of hydrogen-bond donors (Lipinski definition) is 2.